The largest absolute Gasteiger partial charge is 0.509 e. The van der Waals surface area contributed by atoms with Gasteiger partial charge < -0.3 is 9.47 Å². The van der Waals surface area contributed by atoms with Crippen LogP contribution in [0.4, 0.5) is 4.79 Å². The van der Waals surface area contributed by atoms with Crippen LogP contribution < -0.4 is 0 Å². The van der Waals surface area contributed by atoms with Crippen molar-refractivity contribution in [1.82, 2.24) is 0 Å². The molecule has 1 aromatic rings. The van der Waals surface area contributed by atoms with Crippen molar-refractivity contribution in [3.8, 4) is 0 Å². The van der Waals surface area contributed by atoms with Crippen LogP contribution in [0.5, 0.6) is 0 Å². The predicted octanol–water partition coefficient (Wildman–Crippen LogP) is 3.61. The Bertz CT molecular complexity index is 378. The zero-order chi connectivity index (χ0) is 11.4. The van der Waals surface area contributed by atoms with Crippen LogP contribution >= 0.6 is 22.6 Å². The second-order valence-corrected chi connectivity index (χ2v) is 4.32. The van der Waals surface area contributed by atoms with E-state index in [9.17, 15) is 4.79 Å². The first kappa shape index (κ1) is 11.7. The van der Waals surface area contributed by atoms with E-state index in [2.05, 4.69) is 6.07 Å². The summed E-state index contributed by atoms with van der Waals surface area (Å²) in [6.07, 6.45) is 2.29. The fourth-order valence-corrected chi connectivity index (χ4v) is 2.28. The molecule has 0 heterocycles. The van der Waals surface area contributed by atoms with Crippen LogP contribution in [0, 0.1) is 0 Å². The van der Waals surface area contributed by atoms with Crippen LogP contribution in [0.2, 0.25) is 0 Å². The molecular formula is C12H13IO3. The summed E-state index contributed by atoms with van der Waals surface area (Å²) in [6, 6.07) is 8.11. The first-order valence-electron chi connectivity index (χ1n) is 5.28. The molecule has 0 spiro atoms. The van der Waals surface area contributed by atoms with Gasteiger partial charge in [-0.25, -0.2) is 4.79 Å². The van der Waals surface area contributed by atoms with Crippen LogP contribution in [0.15, 0.2) is 24.3 Å². The predicted molar refractivity (Wildman–Crippen MR) is 68.6 cm³/mol. The molecule has 4 heteroatoms. The number of hydrogen-bond donors (Lipinski definition) is 0. The Morgan fingerprint density at radius 2 is 2.25 bits per heavy atom. The van der Waals surface area contributed by atoms with Gasteiger partial charge in [0.25, 0.3) is 0 Å². The number of rotatable bonds is 2. The van der Waals surface area contributed by atoms with Gasteiger partial charge in [-0.05, 0) is 53.0 Å². The van der Waals surface area contributed by atoms with Gasteiger partial charge in [0.05, 0.1) is 0 Å². The quantitative estimate of drug-likeness (QED) is 0.472. The molecule has 0 bridgehead atoms. The van der Waals surface area contributed by atoms with Crippen molar-refractivity contribution < 1.29 is 14.3 Å². The van der Waals surface area contributed by atoms with E-state index in [0.717, 1.165) is 24.8 Å². The van der Waals surface area contributed by atoms with E-state index in [1.165, 1.54) is 5.56 Å². The fraction of sp³-hybridized carbons (Fsp3) is 0.417. The van der Waals surface area contributed by atoms with E-state index in [4.69, 9.17) is 9.47 Å². The molecule has 0 fully saturated rings. The number of carbonyl (C=O) groups excluding carboxylic acids is 1. The lowest BCUT2D eigenvalue weighted by atomic mass is 9.89. The van der Waals surface area contributed by atoms with Gasteiger partial charge in [0.1, 0.15) is 10.7 Å². The van der Waals surface area contributed by atoms with Gasteiger partial charge >= 0.3 is 6.16 Å². The Morgan fingerprint density at radius 3 is 3.06 bits per heavy atom. The van der Waals surface area contributed by atoms with Gasteiger partial charge in [-0.2, -0.15) is 0 Å². The summed E-state index contributed by atoms with van der Waals surface area (Å²) in [5.41, 5.74) is 2.40. The van der Waals surface area contributed by atoms with E-state index in [-0.39, 0.29) is 6.10 Å². The molecule has 0 aromatic heterocycles. The van der Waals surface area contributed by atoms with Crippen molar-refractivity contribution in [1.29, 1.82) is 0 Å². The summed E-state index contributed by atoms with van der Waals surface area (Å²) >= 11 is 1.97. The Morgan fingerprint density at radius 1 is 1.44 bits per heavy atom. The van der Waals surface area contributed by atoms with Crippen LogP contribution in [0.1, 0.15) is 30.1 Å². The van der Waals surface area contributed by atoms with Crippen molar-refractivity contribution in [3.63, 3.8) is 0 Å². The molecule has 0 amide bonds. The standard InChI is InChI=1S/C12H13IO3/c13-8-15-12(14)16-11-7-3-5-9-4-1-2-6-10(9)11/h1-2,4,6,11H,3,5,7-8H2/t11-/m0/s1. The summed E-state index contributed by atoms with van der Waals surface area (Å²) in [4.78, 5) is 11.3. The number of aryl methyl sites for hydroxylation is 1. The average Bonchev–Trinajstić information content (AvgIpc) is 2.30. The van der Waals surface area contributed by atoms with E-state index >= 15 is 0 Å². The molecule has 0 saturated heterocycles. The molecule has 0 unspecified atom stereocenters. The van der Waals surface area contributed by atoms with Crippen LogP contribution in [0.3, 0.4) is 0 Å². The lowest BCUT2D eigenvalue weighted by Crippen LogP contribution is -2.17. The van der Waals surface area contributed by atoms with Crippen molar-refractivity contribution in [2.45, 2.75) is 25.4 Å². The number of ether oxygens (including phenoxy) is 2. The van der Waals surface area contributed by atoms with Gasteiger partial charge in [-0.15, -0.1) is 0 Å². The smallest absolute Gasteiger partial charge is 0.426 e. The second kappa shape index (κ2) is 5.52. The first-order valence-corrected chi connectivity index (χ1v) is 6.81. The number of fused-ring (bicyclic) bond motifs is 1. The maximum absolute atomic E-state index is 11.3. The Labute approximate surface area is 108 Å². The van der Waals surface area contributed by atoms with Crippen molar-refractivity contribution in [2.24, 2.45) is 0 Å². The number of halogens is 1. The monoisotopic (exact) mass is 332 g/mol. The Kier molecular flexibility index (Phi) is 4.04. The Hall–Kier alpha value is -0.780. The summed E-state index contributed by atoms with van der Waals surface area (Å²) in [7, 11) is 0. The average molecular weight is 332 g/mol. The minimum absolute atomic E-state index is 0.139. The molecule has 0 aliphatic heterocycles. The highest BCUT2D eigenvalue weighted by Crippen LogP contribution is 2.32. The lowest BCUT2D eigenvalue weighted by Gasteiger charge is -2.24. The third kappa shape index (κ3) is 2.66. The van der Waals surface area contributed by atoms with Gasteiger partial charge in [-0.3, -0.25) is 0 Å². The highest BCUT2D eigenvalue weighted by molar-refractivity contribution is 14.1. The zero-order valence-corrected chi connectivity index (χ0v) is 11.0. The van der Waals surface area contributed by atoms with Gasteiger partial charge in [-0.1, -0.05) is 24.3 Å². The first-order chi connectivity index (χ1) is 7.81. The summed E-state index contributed by atoms with van der Waals surface area (Å²) in [5, 5.41) is 0. The molecule has 1 aliphatic rings. The molecule has 16 heavy (non-hydrogen) atoms. The van der Waals surface area contributed by atoms with Gasteiger partial charge in [0.15, 0.2) is 0 Å². The van der Waals surface area contributed by atoms with Crippen LogP contribution in [-0.2, 0) is 15.9 Å². The van der Waals surface area contributed by atoms with Crippen LogP contribution in [-0.4, -0.2) is 10.8 Å². The molecule has 3 nitrogen and oxygen atoms in total. The number of carbonyl (C=O) groups is 1. The molecule has 1 atom stereocenters. The Balaban J connectivity index is 2.10. The molecule has 2 rings (SSSR count). The maximum Gasteiger partial charge on any atom is 0.509 e. The fourth-order valence-electron chi connectivity index (χ4n) is 2.03. The summed E-state index contributed by atoms with van der Waals surface area (Å²) in [6.45, 7) is 0. The molecule has 1 aliphatic carbocycles. The van der Waals surface area contributed by atoms with E-state index < -0.39 is 6.16 Å². The second-order valence-electron chi connectivity index (χ2n) is 3.70. The summed E-state index contributed by atoms with van der Waals surface area (Å²) < 4.78 is 10.4. The van der Waals surface area contributed by atoms with Crippen LogP contribution in [0.25, 0.3) is 0 Å². The third-order valence-electron chi connectivity index (χ3n) is 2.73. The van der Waals surface area contributed by atoms with E-state index in [1.54, 1.807) is 0 Å². The van der Waals surface area contributed by atoms with Gasteiger partial charge in [0.2, 0.25) is 0 Å². The van der Waals surface area contributed by atoms with E-state index in [0.29, 0.717) is 4.61 Å². The van der Waals surface area contributed by atoms with E-state index in [1.807, 2.05) is 40.8 Å². The highest BCUT2D eigenvalue weighted by Gasteiger charge is 2.23. The topological polar surface area (TPSA) is 35.5 Å². The third-order valence-corrected chi connectivity index (χ3v) is 3.04. The maximum atomic E-state index is 11.3. The van der Waals surface area contributed by atoms with Crippen molar-refractivity contribution in [2.75, 3.05) is 4.61 Å². The SMILES string of the molecule is O=C(OCI)O[C@H]1CCCc2ccccc21. The number of hydrogen-bond acceptors (Lipinski definition) is 3. The minimum atomic E-state index is -0.573. The number of benzene rings is 1. The zero-order valence-electron chi connectivity index (χ0n) is 8.82. The molecular weight excluding hydrogens is 319 g/mol. The number of alkyl halides is 1. The molecule has 0 N–H and O–H groups in total. The van der Waals surface area contributed by atoms with Crippen molar-refractivity contribution in [3.05, 3.63) is 35.4 Å². The minimum Gasteiger partial charge on any atom is -0.426 e. The van der Waals surface area contributed by atoms with Gasteiger partial charge in [0, 0.05) is 0 Å². The normalized spacial score (nSPS) is 18.7. The highest BCUT2D eigenvalue weighted by atomic mass is 127. The van der Waals surface area contributed by atoms with Crippen molar-refractivity contribution >= 4 is 28.7 Å². The molecule has 0 radical (unpaired) electrons. The molecule has 1 aromatic carbocycles. The molecule has 0 saturated carbocycles. The molecule has 86 valence electrons. The summed E-state index contributed by atoms with van der Waals surface area (Å²) in [5.74, 6) is 0. The lowest BCUT2D eigenvalue weighted by molar-refractivity contribution is 0.0285.